The third-order valence-corrected chi connectivity index (χ3v) is 6.14. The predicted octanol–water partition coefficient (Wildman–Crippen LogP) is 2.82. The molecule has 0 aliphatic carbocycles. The third-order valence-electron chi connectivity index (χ3n) is 5.78. The van der Waals surface area contributed by atoms with Gasteiger partial charge in [-0.1, -0.05) is 43.3 Å². The maximum atomic E-state index is 10.3. The summed E-state index contributed by atoms with van der Waals surface area (Å²) in [7, 11) is 0. The maximum Gasteiger partial charge on any atom is 0.119 e. The molecule has 9 heteroatoms. The summed E-state index contributed by atoms with van der Waals surface area (Å²) < 4.78 is 12.8. The lowest BCUT2D eigenvalue weighted by atomic mass is 9.78. The Hall–Kier alpha value is -2.65. The van der Waals surface area contributed by atoms with Crippen LogP contribution >= 0.6 is 11.6 Å². The first-order valence-electron chi connectivity index (χ1n) is 11.1. The molecule has 3 aromatic rings. The van der Waals surface area contributed by atoms with E-state index in [9.17, 15) is 15.3 Å². The fraction of sp³-hybridized carbons (Fsp3) is 0.440. The summed E-state index contributed by atoms with van der Waals surface area (Å²) in [4.78, 5) is 0. The second-order valence-electron chi connectivity index (χ2n) is 8.72. The van der Waals surface area contributed by atoms with Gasteiger partial charge in [0, 0.05) is 5.41 Å². The average molecular weight is 490 g/mol. The van der Waals surface area contributed by atoms with Crippen LogP contribution in [0.5, 0.6) is 11.5 Å². The fourth-order valence-corrected chi connectivity index (χ4v) is 3.64. The Bertz CT molecular complexity index is 1040. The van der Waals surface area contributed by atoms with Crippen LogP contribution in [0.4, 0.5) is 0 Å². The Morgan fingerprint density at radius 1 is 0.912 bits per heavy atom. The molecular weight excluding hydrogens is 458 g/mol. The van der Waals surface area contributed by atoms with E-state index in [0.29, 0.717) is 22.9 Å². The van der Waals surface area contributed by atoms with Gasteiger partial charge in [0.2, 0.25) is 0 Å². The van der Waals surface area contributed by atoms with Crippen molar-refractivity contribution in [1.29, 1.82) is 0 Å². The Balaban J connectivity index is 1.57. The largest absolute Gasteiger partial charge is 0.491 e. The molecule has 0 aliphatic rings. The molecule has 1 heterocycles. The van der Waals surface area contributed by atoms with E-state index >= 15 is 0 Å². The van der Waals surface area contributed by atoms with E-state index in [0.717, 1.165) is 11.1 Å². The van der Waals surface area contributed by atoms with Crippen LogP contribution in [0.15, 0.2) is 48.5 Å². The summed E-state index contributed by atoms with van der Waals surface area (Å²) in [5.41, 5.74) is 3.19. The molecule has 2 atom stereocenters. The smallest absolute Gasteiger partial charge is 0.119 e. The van der Waals surface area contributed by atoms with Crippen LogP contribution in [-0.4, -0.2) is 61.6 Å². The van der Waals surface area contributed by atoms with E-state index in [-0.39, 0.29) is 37.7 Å². The first kappa shape index (κ1) is 26.0. The molecule has 0 amide bonds. The first-order chi connectivity index (χ1) is 16.2. The number of hydrogen-bond acceptors (Lipinski definition) is 7. The highest BCUT2D eigenvalue weighted by molar-refractivity contribution is 6.18. The summed E-state index contributed by atoms with van der Waals surface area (Å²) >= 11 is 5.60. The number of nitrogens with zero attached hydrogens (tertiary/aromatic N) is 3. The number of aromatic nitrogens is 3. The van der Waals surface area contributed by atoms with Gasteiger partial charge in [0.1, 0.15) is 36.9 Å². The minimum Gasteiger partial charge on any atom is -0.491 e. The van der Waals surface area contributed by atoms with Crippen molar-refractivity contribution in [1.82, 2.24) is 15.0 Å². The monoisotopic (exact) mass is 489 g/mol. The van der Waals surface area contributed by atoms with Crippen molar-refractivity contribution in [3.8, 4) is 11.5 Å². The number of rotatable bonds is 12. The number of hydrogen-bond donors (Lipinski definition) is 3. The maximum absolute atomic E-state index is 10.3. The molecule has 184 valence electrons. The number of ether oxygens (including phenoxy) is 2. The molecule has 3 N–H and O–H groups in total. The fourth-order valence-electron chi connectivity index (χ4n) is 3.55. The molecule has 0 radical (unpaired) electrons. The number of aliphatic hydroxyl groups excluding tert-OH is 3. The van der Waals surface area contributed by atoms with Crippen LogP contribution in [0.1, 0.15) is 36.4 Å². The van der Waals surface area contributed by atoms with Crippen LogP contribution in [0.25, 0.3) is 0 Å². The molecular formula is C25H32ClN3O5. The highest BCUT2D eigenvalue weighted by Crippen LogP contribution is 2.33. The number of alkyl halides is 1. The lowest BCUT2D eigenvalue weighted by molar-refractivity contribution is 0.0866. The Morgan fingerprint density at radius 3 is 1.88 bits per heavy atom. The van der Waals surface area contributed by atoms with Crippen molar-refractivity contribution in [3.63, 3.8) is 0 Å². The quantitative estimate of drug-likeness (QED) is 0.335. The molecule has 0 fully saturated rings. The second kappa shape index (κ2) is 11.7. The molecule has 0 aliphatic heterocycles. The summed E-state index contributed by atoms with van der Waals surface area (Å²) in [6.45, 7) is 6.29. The zero-order chi connectivity index (χ0) is 24.7. The molecule has 3 rings (SSSR count). The van der Waals surface area contributed by atoms with Gasteiger partial charge in [-0.05, 0) is 42.3 Å². The van der Waals surface area contributed by atoms with Crippen LogP contribution in [0.2, 0.25) is 0 Å². The van der Waals surface area contributed by atoms with Gasteiger partial charge in [-0.2, -0.15) is 0 Å². The normalized spacial score (nSPS) is 13.5. The molecule has 34 heavy (non-hydrogen) atoms. The van der Waals surface area contributed by atoms with Crippen LogP contribution in [0.3, 0.4) is 0 Å². The molecule has 0 bridgehead atoms. The van der Waals surface area contributed by atoms with Crippen molar-refractivity contribution in [2.24, 2.45) is 0 Å². The first-order valence-corrected chi connectivity index (χ1v) is 11.7. The minimum atomic E-state index is -0.797. The minimum absolute atomic E-state index is 0.0897. The SMILES string of the molecule is Cc1nnn(CC(O)COc2ccc(C(C)(C)c3ccc(OCC(O)CCl)cc3)cc2)c1CO. The van der Waals surface area contributed by atoms with E-state index in [1.54, 1.807) is 6.92 Å². The lowest BCUT2D eigenvalue weighted by Crippen LogP contribution is -2.25. The summed E-state index contributed by atoms with van der Waals surface area (Å²) in [5, 5.41) is 37.1. The second-order valence-corrected chi connectivity index (χ2v) is 9.03. The molecule has 0 spiro atoms. The zero-order valence-corrected chi connectivity index (χ0v) is 20.4. The van der Waals surface area contributed by atoms with Crippen LogP contribution < -0.4 is 9.47 Å². The van der Waals surface area contributed by atoms with Crippen molar-refractivity contribution < 1.29 is 24.8 Å². The summed E-state index contributed by atoms with van der Waals surface area (Å²) in [6.07, 6.45) is -1.49. The average Bonchev–Trinajstić information content (AvgIpc) is 3.20. The summed E-state index contributed by atoms with van der Waals surface area (Å²) in [5.74, 6) is 1.46. The van der Waals surface area contributed by atoms with E-state index < -0.39 is 12.2 Å². The number of halogens is 1. The third kappa shape index (κ3) is 6.48. The summed E-state index contributed by atoms with van der Waals surface area (Å²) in [6, 6.07) is 15.6. The van der Waals surface area contributed by atoms with Gasteiger partial charge in [0.25, 0.3) is 0 Å². The Labute approximate surface area is 204 Å². The van der Waals surface area contributed by atoms with Crippen molar-refractivity contribution in [3.05, 3.63) is 71.0 Å². The highest BCUT2D eigenvalue weighted by atomic mass is 35.5. The van der Waals surface area contributed by atoms with E-state index in [2.05, 4.69) is 24.2 Å². The van der Waals surface area contributed by atoms with Gasteiger partial charge in [0.15, 0.2) is 0 Å². The van der Waals surface area contributed by atoms with Gasteiger partial charge in [0.05, 0.1) is 30.4 Å². The number of aryl methyl sites for hydroxylation is 1. The predicted molar refractivity (Wildman–Crippen MR) is 129 cm³/mol. The van der Waals surface area contributed by atoms with Gasteiger partial charge < -0.3 is 24.8 Å². The van der Waals surface area contributed by atoms with Gasteiger partial charge in [-0.25, -0.2) is 4.68 Å². The molecule has 0 saturated heterocycles. The molecule has 0 saturated carbocycles. The van der Waals surface area contributed by atoms with E-state index in [1.165, 1.54) is 4.68 Å². The van der Waals surface area contributed by atoms with Gasteiger partial charge in [-0.3, -0.25) is 0 Å². The highest BCUT2D eigenvalue weighted by Gasteiger charge is 2.23. The molecule has 8 nitrogen and oxygen atoms in total. The standard InChI is InChI=1S/C25H32ClN3O5/c1-17-24(14-30)29(28-27-17)13-21(32)16-34-23-10-6-19(7-11-23)25(2,3)18-4-8-22(9-5-18)33-15-20(31)12-26/h4-11,20-21,30-32H,12-16H2,1-3H3. The molecule has 2 unspecified atom stereocenters. The van der Waals surface area contributed by atoms with Gasteiger partial charge >= 0.3 is 0 Å². The van der Waals surface area contributed by atoms with Gasteiger partial charge in [-0.15, -0.1) is 16.7 Å². The van der Waals surface area contributed by atoms with Crippen molar-refractivity contribution in [2.75, 3.05) is 19.1 Å². The number of aliphatic hydroxyl groups is 3. The lowest BCUT2D eigenvalue weighted by Gasteiger charge is -2.26. The van der Waals surface area contributed by atoms with Crippen LogP contribution in [-0.2, 0) is 18.6 Å². The zero-order valence-electron chi connectivity index (χ0n) is 19.7. The Kier molecular flexibility index (Phi) is 8.90. The van der Waals surface area contributed by atoms with Crippen molar-refractivity contribution >= 4 is 11.6 Å². The molecule has 2 aromatic carbocycles. The van der Waals surface area contributed by atoms with E-state index in [1.807, 2.05) is 48.5 Å². The van der Waals surface area contributed by atoms with Crippen molar-refractivity contribution in [2.45, 2.75) is 51.5 Å². The topological polar surface area (TPSA) is 110 Å². The van der Waals surface area contributed by atoms with E-state index in [4.69, 9.17) is 21.1 Å². The number of benzene rings is 2. The van der Waals surface area contributed by atoms with Crippen LogP contribution in [0, 0.1) is 6.92 Å². The Morgan fingerprint density at radius 2 is 1.41 bits per heavy atom. The molecule has 1 aromatic heterocycles.